The maximum absolute atomic E-state index is 12.4. The summed E-state index contributed by atoms with van der Waals surface area (Å²) in [6.07, 6.45) is -0.0820. The van der Waals surface area contributed by atoms with Crippen molar-refractivity contribution in [1.82, 2.24) is 0 Å². The minimum Gasteiger partial charge on any atom is -0.493 e. The Morgan fingerprint density at radius 2 is 1.78 bits per heavy atom. The van der Waals surface area contributed by atoms with E-state index in [1.165, 1.54) is 20.1 Å². The zero-order valence-electron chi connectivity index (χ0n) is 16.1. The van der Waals surface area contributed by atoms with Crippen LogP contribution in [0.2, 0.25) is 0 Å². The minimum atomic E-state index is -0.944. The first-order valence-electron chi connectivity index (χ1n) is 8.84. The van der Waals surface area contributed by atoms with Crippen LogP contribution in [0.5, 0.6) is 11.5 Å². The van der Waals surface area contributed by atoms with E-state index < -0.39 is 18.0 Å². The van der Waals surface area contributed by atoms with Gasteiger partial charge in [0.1, 0.15) is 0 Å². The van der Waals surface area contributed by atoms with Crippen LogP contribution in [0.1, 0.15) is 36.2 Å². The van der Waals surface area contributed by atoms with Gasteiger partial charge in [-0.1, -0.05) is 24.6 Å². The standard InChI is InChI=1S/C21H25NO5/c1-5-12-26-18-11-8-16(13-19(18)25-4)21(24)27-15(3)20(23)22-17-9-6-14(2)7-10-17/h6-11,13,15H,5,12H2,1-4H3,(H,22,23)/t15-/m1/s1. The van der Waals surface area contributed by atoms with Crippen LogP contribution in [0.4, 0.5) is 5.69 Å². The van der Waals surface area contributed by atoms with Crippen LogP contribution in [-0.4, -0.2) is 31.7 Å². The van der Waals surface area contributed by atoms with E-state index in [0.29, 0.717) is 23.8 Å². The number of carbonyl (C=O) groups excluding carboxylic acids is 2. The van der Waals surface area contributed by atoms with Gasteiger partial charge in [-0.15, -0.1) is 0 Å². The number of amides is 1. The van der Waals surface area contributed by atoms with Crippen LogP contribution in [0, 0.1) is 6.92 Å². The van der Waals surface area contributed by atoms with Crippen molar-refractivity contribution in [1.29, 1.82) is 0 Å². The SMILES string of the molecule is CCCOc1ccc(C(=O)O[C@H](C)C(=O)Nc2ccc(C)cc2)cc1OC. The van der Waals surface area contributed by atoms with Gasteiger partial charge in [0.05, 0.1) is 19.3 Å². The molecule has 6 nitrogen and oxygen atoms in total. The highest BCUT2D eigenvalue weighted by atomic mass is 16.5. The van der Waals surface area contributed by atoms with E-state index in [9.17, 15) is 9.59 Å². The summed E-state index contributed by atoms with van der Waals surface area (Å²) in [5.74, 6) is -0.0142. The number of hydrogen-bond donors (Lipinski definition) is 1. The van der Waals surface area contributed by atoms with Gasteiger partial charge in [-0.2, -0.15) is 0 Å². The number of methoxy groups -OCH3 is 1. The molecule has 2 aromatic carbocycles. The molecule has 2 rings (SSSR count). The van der Waals surface area contributed by atoms with E-state index >= 15 is 0 Å². The Balaban J connectivity index is 2.00. The highest BCUT2D eigenvalue weighted by Gasteiger charge is 2.20. The molecule has 144 valence electrons. The number of benzene rings is 2. The summed E-state index contributed by atoms with van der Waals surface area (Å²) < 4.78 is 16.1. The molecule has 0 radical (unpaired) electrons. The molecule has 0 heterocycles. The van der Waals surface area contributed by atoms with Crippen molar-refractivity contribution in [2.75, 3.05) is 19.0 Å². The summed E-state index contributed by atoms with van der Waals surface area (Å²) in [4.78, 5) is 24.6. The Morgan fingerprint density at radius 3 is 2.41 bits per heavy atom. The number of aryl methyl sites for hydroxylation is 1. The van der Waals surface area contributed by atoms with Crippen molar-refractivity contribution in [3.05, 3.63) is 53.6 Å². The molecule has 0 aliphatic carbocycles. The molecule has 0 bridgehead atoms. The fraction of sp³-hybridized carbons (Fsp3) is 0.333. The average Bonchev–Trinajstić information content (AvgIpc) is 2.67. The molecule has 0 fully saturated rings. The summed E-state index contributed by atoms with van der Waals surface area (Å²) in [6.45, 7) is 6.04. The van der Waals surface area contributed by atoms with Gasteiger partial charge in [-0.25, -0.2) is 4.79 Å². The van der Waals surface area contributed by atoms with Crippen LogP contribution < -0.4 is 14.8 Å². The predicted molar refractivity (Wildman–Crippen MR) is 103 cm³/mol. The van der Waals surface area contributed by atoms with Crippen LogP contribution in [0.25, 0.3) is 0 Å². The van der Waals surface area contributed by atoms with E-state index in [-0.39, 0.29) is 5.56 Å². The summed E-state index contributed by atoms with van der Waals surface area (Å²) in [5.41, 5.74) is 2.02. The van der Waals surface area contributed by atoms with E-state index in [1.54, 1.807) is 24.3 Å². The van der Waals surface area contributed by atoms with E-state index in [0.717, 1.165) is 12.0 Å². The quantitative estimate of drug-likeness (QED) is 0.711. The first-order valence-corrected chi connectivity index (χ1v) is 8.84. The largest absolute Gasteiger partial charge is 0.493 e. The molecule has 0 aliphatic rings. The summed E-state index contributed by atoms with van der Waals surface area (Å²) in [5, 5.41) is 2.72. The number of ether oxygens (including phenoxy) is 3. The number of esters is 1. The monoisotopic (exact) mass is 371 g/mol. The summed E-state index contributed by atoms with van der Waals surface area (Å²) in [6, 6.07) is 12.1. The summed E-state index contributed by atoms with van der Waals surface area (Å²) in [7, 11) is 1.50. The molecule has 0 unspecified atom stereocenters. The molecule has 1 atom stereocenters. The van der Waals surface area contributed by atoms with Crippen molar-refractivity contribution in [2.45, 2.75) is 33.3 Å². The van der Waals surface area contributed by atoms with Gasteiger partial charge < -0.3 is 19.5 Å². The zero-order chi connectivity index (χ0) is 19.8. The second kappa shape index (κ2) is 9.62. The van der Waals surface area contributed by atoms with E-state index in [2.05, 4.69) is 5.32 Å². The van der Waals surface area contributed by atoms with Gasteiger partial charge in [0, 0.05) is 5.69 Å². The first-order chi connectivity index (χ1) is 12.9. The molecule has 1 amide bonds. The summed E-state index contributed by atoms with van der Waals surface area (Å²) >= 11 is 0. The van der Waals surface area contributed by atoms with Gasteiger partial charge in [-0.05, 0) is 50.6 Å². The molecule has 0 saturated carbocycles. The highest BCUT2D eigenvalue weighted by Crippen LogP contribution is 2.28. The van der Waals surface area contributed by atoms with Gasteiger partial charge in [-0.3, -0.25) is 4.79 Å². The van der Waals surface area contributed by atoms with Gasteiger partial charge in [0.2, 0.25) is 0 Å². The molecule has 0 saturated heterocycles. The molecule has 1 N–H and O–H groups in total. The topological polar surface area (TPSA) is 73.9 Å². The van der Waals surface area contributed by atoms with Crippen molar-refractivity contribution < 1.29 is 23.8 Å². The Hall–Kier alpha value is -3.02. The number of hydrogen-bond acceptors (Lipinski definition) is 5. The minimum absolute atomic E-state index is 0.283. The lowest BCUT2D eigenvalue weighted by molar-refractivity contribution is -0.123. The smallest absolute Gasteiger partial charge is 0.339 e. The third-order valence-electron chi connectivity index (χ3n) is 3.83. The lowest BCUT2D eigenvalue weighted by Crippen LogP contribution is -2.30. The van der Waals surface area contributed by atoms with Crippen molar-refractivity contribution in [2.24, 2.45) is 0 Å². The fourth-order valence-electron chi connectivity index (χ4n) is 2.29. The molecule has 0 spiro atoms. The van der Waals surface area contributed by atoms with Gasteiger partial charge >= 0.3 is 5.97 Å². The van der Waals surface area contributed by atoms with E-state index in [1.807, 2.05) is 26.0 Å². The zero-order valence-corrected chi connectivity index (χ0v) is 16.1. The number of nitrogens with one attached hydrogen (secondary N) is 1. The molecule has 6 heteroatoms. The lowest BCUT2D eigenvalue weighted by Gasteiger charge is -2.15. The van der Waals surface area contributed by atoms with Crippen molar-refractivity contribution in [3.8, 4) is 11.5 Å². The molecular weight excluding hydrogens is 346 g/mol. The second-order valence-electron chi connectivity index (χ2n) is 6.12. The van der Waals surface area contributed by atoms with Crippen molar-refractivity contribution in [3.63, 3.8) is 0 Å². The van der Waals surface area contributed by atoms with Crippen LogP contribution in [0.3, 0.4) is 0 Å². The third-order valence-corrected chi connectivity index (χ3v) is 3.83. The number of rotatable bonds is 8. The number of carbonyl (C=O) groups is 2. The van der Waals surface area contributed by atoms with Crippen LogP contribution >= 0.6 is 0 Å². The highest BCUT2D eigenvalue weighted by molar-refractivity contribution is 5.97. The molecular formula is C21H25NO5. The van der Waals surface area contributed by atoms with E-state index in [4.69, 9.17) is 14.2 Å². The Kier molecular flexibility index (Phi) is 7.23. The number of anilines is 1. The predicted octanol–water partition coefficient (Wildman–Crippen LogP) is 3.98. The van der Waals surface area contributed by atoms with Crippen molar-refractivity contribution >= 4 is 17.6 Å². The maximum atomic E-state index is 12.4. The van der Waals surface area contributed by atoms with Crippen LogP contribution in [0.15, 0.2) is 42.5 Å². The van der Waals surface area contributed by atoms with Gasteiger partial charge in [0.25, 0.3) is 5.91 Å². The molecule has 27 heavy (non-hydrogen) atoms. The molecule has 2 aromatic rings. The maximum Gasteiger partial charge on any atom is 0.339 e. The molecule has 0 aliphatic heterocycles. The Bertz CT molecular complexity index is 786. The fourth-order valence-corrected chi connectivity index (χ4v) is 2.29. The van der Waals surface area contributed by atoms with Crippen LogP contribution in [-0.2, 0) is 9.53 Å². The lowest BCUT2D eigenvalue weighted by atomic mass is 10.2. The third kappa shape index (κ3) is 5.74. The Morgan fingerprint density at radius 1 is 1.07 bits per heavy atom. The average molecular weight is 371 g/mol. The first kappa shape index (κ1) is 20.3. The van der Waals surface area contributed by atoms with Gasteiger partial charge in [0.15, 0.2) is 17.6 Å². The molecule has 0 aromatic heterocycles. The Labute approximate surface area is 159 Å². The second-order valence-corrected chi connectivity index (χ2v) is 6.12. The normalized spacial score (nSPS) is 11.4.